The summed E-state index contributed by atoms with van der Waals surface area (Å²) in [5, 5.41) is 6.91. The topological polar surface area (TPSA) is 89.1 Å². The summed E-state index contributed by atoms with van der Waals surface area (Å²) in [7, 11) is 1.60. The van der Waals surface area contributed by atoms with Gasteiger partial charge in [-0.25, -0.2) is 0 Å². The number of fused-ring (bicyclic) bond motifs is 1. The minimum atomic E-state index is -1.02. The molecule has 0 fully saturated rings. The third-order valence-electron chi connectivity index (χ3n) is 7.89. The number of hydrogen-bond acceptors (Lipinski definition) is 6. The lowest BCUT2D eigenvalue weighted by molar-refractivity contribution is -0.138. The van der Waals surface area contributed by atoms with Crippen LogP contribution in [0.3, 0.4) is 0 Å². The third-order valence-corrected chi connectivity index (χ3v) is 8.13. The molecule has 9 heteroatoms. The minimum Gasteiger partial charge on any atom is -0.492 e. The summed E-state index contributed by atoms with van der Waals surface area (Å²) in [6, 6.07) is 21.7. The van der Waals surface area contributed by atoms with Gasteiger partial charge in [-0.15, -0.1) is 0 Å². The number of nitrogens with one attached hydrogen (secondary N) is 2. The lowest BCUT2D eigenvalue weighted by Crippen LogP contribution is -2.45. The van der Waals surface area contributed by atoms with Crippen molar-refractivity contribution in [3.8, 4) is 11.5 Å². The van der Waals surface area contributed by atoms with Crippen molar-refractivity contribution in [2.45, 2.75) is 72.0 Å². The van der Waals surface area contributed by atoms with Crippen molar-refractivity contribution in [2.75, 3.05) is 44.8 Å². The maximum absolute atomic E-state index is 14.1. The molecule has 2 N–H and O–H groups in total. The molecular weight excluding hydrogens is 614 g/mol. The fourth-order valence-corrected chi connectivity index (χ4v) is 5.91. The fourth-order valence-electron chi connectivity index (χ4n) is 5.73. The molecule has 1 aliphatic heterocycles. The summed E-state index contributed by atoms with van der Waals surface area (Å²) in [5.74, 6) is 0.604. The molecule has 2 atom stereocenters. The summed E-state index contributed by atoms with van der Waals surface area (Å²) >= 11 is 6.56. The molecule has 4 rings (SSSR count). The Morgan fingerprint density at radius 1 is 0.979 bits per heavy atom. The van der Waals surface area contributed by atoms with Gasteiger partial charge in [-0.05, 0) is 74.0 Å². The standard InChI is InChI=1S/C38H50ClN3O5/c1-6-20-41-34(43)25-33-37(44)42(26-38(2,3)4)31-19-18-28(39)24-30(31)35(47-33)29-16-10-17-32(36(29)45-5)46-23-12-22-40-21-11-15-27-13-8-7-9-14-27/h7-10,13-14,16-19,24,33,35,40H,6,11-12,15,20-23,25-26H2,1-5H3,(H,41,43)/t33-,35-/m0/s1. The molecule has 8 nitrogen and oxygen atoms in total. The number of nitrogens with zero attached hydrogens (tertiary/aromatic N) is 1. The van der Waals surface area contributed by atoms with Gasteiger partial charge in [0.25, 0.3) is 5.91 Å². The number of benzene rings is 3. The van der Waals surface area contributed by atoms with E-state index in [1.165, 1.54) is 5.56 Å². The van der Waals surface area contributed by atoms with Gasteiger partial charge < -0.3 is 29.7 Å². The van der Waals surface area contributed by atoms with Gasteiger partial charge >= 0.3 is 0 Å². The summed E-state index contributed by atoms with van der Waals surface area (Å²) in [6.07, 6.45) is 1.87. The maximum atomic E-state index is 14.1. The SMILES string of the molecule is CCCNC(=O)C[C@@H]1O[C@@H](c2cccc(OCCCNCCCc3ccccc3)c2OC)c2cc(Cl)ccc2N(CC(C)(C)C)C1=O. The highest BCUT2D eigenvalue weighted by Gasteiger charge is 2.40. The van der Waals surface area contributed by atoms with Crippen LogP contribution in [0.15, 0.2) is 66.7 Å². The highest BCUT2D eigenvalue weighted by Crippen LogP contribution is 2.45. The Kier molecular flexibility index (Phi) is 13.5. The summed E-state index contributed by atoms with van der Waals surface area (Å²) in [4.78, 5) is 28.8. The monoisotopic (exact) mass is 663 g/mol. The molecule has 3 aromatic carbocycles. The van der Waals surface area contributed by atoms with Crippen molar-refractivity contribution < 1.29 is 23.8 Å². The van der Waals surface area contributed by atoms with E-state index in [-0.39, 0.29) is 23.7 Å². The number of ether oxygens (including phenoxy) is 3. The van der Waals surface area contributed by atoms with Crippen LogP contribution >= 0.6 is 11.6 Å². The van der Waals surface area contributed by atoms with Crippen LogP contribution in [0.25, 0.3) is 0 Å². The van der Waals surface area contributed by atoms with Crippen LogP contribution in [-0.4, -0.2) is 57.8 Å². The lowest BCUT2D eigenvalue weighted by atomic mass is 9.94. The Labute approximate surface area is 285 Å². The summed E-state index contributed by atoms with van der Waals surface area (Å²) < 4.78 is 18.8. The Balaban J connectivity index is 1.54. The van der Waals surface area contributed by atoms with Crippen LogP contribution in [0, 0.1) is 5.41 Å². The third kappa shape index (κ3) is 10.4. The van der Waals surface area contributed by atoms with Gasteiger partial charge in [0, 0.05) is 34.9 Å². The number of carbonyl (C=O) groups excluding carboxylic acids is 2. The number of hydrogen-bond donors (Lipinski definition) is 2. The van der Waals surface area contributed by atoms with Gasteiger partial charge in [-0.1, -0.05) is 81.8 Å². The van der Waals surface area contributed by atoms with Gasteiger partial charge in [0.1, 0.15) is 12.2 Å². The zero-order valence-electron chi connectivity index (χ0n) is 28.4. The smallest absolute Gasteiger partial charge is 0.256 e. The highest BCUT2D eigenvalue weighted by atomic mass is 35.5. The molecule has 0 saturated carbocycles. The second-order valence-corrected chi connectivity index (χ2v) is 13.6. The van der Waals surface area contributed by atoms with Crippen molar-refractivity contribution in [2.24, 2.45) is 5.41 Å². The van der Waals surface area contributed by atoms with Gasteiger partial charge in [0.15, 0.2) is 11.5 Å². The number of methoxy groups -OCH3 is 1. The number of halogens is 1. The highest BCUT2D eigenvalue weighted by molar-refractivity contribution is 6.30. The number of rotatable bonds is 16. The van der Waals surface area contributed by atoms with E-state index in [0.717, 1.165) is 44.3 Å². The van der Waals surface area contributed by atoms with E-state index < -0.39 is 12.2 Å². The number of aryl methyl sites for hydroxylation is 1. The molecular formula is C38H50ClN3O5. The quantitative estimate of drug-likeness (QED) is 0.159. The fraction of sp³-hybridized carbons (Fsp3) is 0.474. The number of para-hydroxylation sites is 1. The average Bonchev–Trinajstić information content (AvgIpc) is 3.15. The molecule has 2 amide bonds. The van der Waals surface area contributed by atoms with E-state index in [0.29, 0.717) is 47.5 Å². The van der Waals surface area contributed by atoms with E-state index in [4.69, 9.17) is 25.8 Å². The molecule has 3 aromatic rings. The van der Waals surface area contributed by atoms with E-state index >= 15 is 0 Å². The molecule has 0 spiro atoms. The average molecular weight is 664 g/mol. The molecule has 1 heterocycles. The molecule has 254 valence electrons. The predicted octanol–water partition coefficient (Wildman–Crippen LogP) is 7.12. The summed E-state index contributed by atoms with van der Waals surface area (Å²) in [6.45, 7) is 11.5. The van der Waals surface area contributed by atoms with Crippen LogP contribution < -0.4 is 25.0 Å². The molecule has 0 radical (unpaired) electrons. The number of anilines is 1. The number of carbonyl (C=O) groups is 2. The van der Waals surface area contributed by atoms with Gasteiger partial charge in [0.05, 0.1) is 20.1 Å². The molecule has 0 aliphatic carbocycles. The first-order valence-corrected chi connectivity index (χ1v) is 17.1. The second-order valence-electron chi connectivity index (χ2n) is 13.2. The summed E-state index contributed by atoms with van der Waals surface area (Å²) in [5.41, 5.74) is 3.24. The zero-order chi connectivity index (χ0) is 33.8. The van der Waals surface area contributed by atoms with Gasteiger partial charge in [-0.2, -0.15) is 0 Å². The Morgan fingerprint density at radius 3 is 2.47 bits per heavy atom. The van der Waals surface area contributed by atoms with Crippen molar-refractivity contribution in [3.05, 3.63) is 88.4 Å². The van der Waals surface area contributed by atoms with Crippen molar-refractivity contribution in [1.29, 1.82) is 0 Å². The van der Waals surface area contributed by atoms with Crippen molar-refractivity contribution in [3.63, 3.8) is 0 Å². The van der Waals surface area contributed by atoms with Crippen LogP contribution in [-0.2, 0) is 20.7 Å². The van der Waals surface area contributed by atoms with Gasteiger partial charge in [-0.3, -0.25) is 9.59 Å². The molecule has 0 unspecified atom stereocenters. The maximum Gasteiger partial charge on any atom is 0.256 e. The number of amides is 2. The van der Waals surface area contributed by atoms with Crippen LogP contribution in [0.2, 0.25) is 5.02 Å². The van der Waals surface area contributed by atoms with Crippen LogP contribution in [0.1, 0.15) is 76.2 Å². The Morgan fingerprint density at radius 2 is 1.74 bits per heavy atom. The lowest BCUT2D eigenvalue weighted by Gasteiger charge is -2.31. The second kappa shape index (κ2) is 17.5. The van der Waals surface area contributed by atoms with E-state index in [9.17, 15) is 9.59 Å². The Bertz CT molecular complexity index is 1460. The minimum absolute atomic E-state index is 0.103. The molecule has 47 heavy (non-hydrogen) atoms. The van der Waals surface area contributed by atoms with Gasteiger partial charge in [0.2, 0.25) is 5.91 Å². The van der Waals surface area contributed by atoms with E-state index in [1.54, 1.807) is 18.1 Å². The largest absolute Gasteiger partial charge is 0.492 e. The normalized spacial score (nSPS) is 16.4. The first-order chi connectivity index (χ1) is 22.6. The van der Waals surface area contributed by atoms with Crippen LogP contribution in [0.5, 0.6) is 11.5 Å². The van der Waals surface area contributed by atoms with E-state index in [2.05, 4.69) is 55.7 Å². The molecule has 0 aromatic heterocycles. The zero-order valence-corrected chi connectivity index (χ0v) is 29.2. The van der Waals surface area contributed by atoms with Crippen molar-refractivity contribution in [1.82, 2.24) is 10.6 Å². The van der Waals surface area contributed by atoms with Crippen molar-refractivity contribution >= 4 is 29.1 Å². The molecule has 0 saturated heterocycles. The van der Waals surface area contributed by atoms with Crippen LogP contribution in [0.4, 0.5) is 5.69 Å². The first-order valence-electron chi connectivity index (χ1n) is 16.7. The predicted molar refractivity (Wildman–Crippen MR) is 189 cm³/mol. The first kappa shape index (κ1) is 36.2. The molecule has 0 bridgehead atoms. The Hall–Kier alpha value is -3.59. The van der Waals surface area contributed by atoms with E-state index in [1.807, 2.05) is 43.3 Å². The molecule has 1 aliphatic rings.